The SMILES string of the molecule is c1ccc(-c2ccc3sc4cc(-c5ccc6c(c5)oc5cc(-c7nc(-c8ccccc8)nc(-c8ccccc8)n7)ccc56)ccc4c3c2)cc1. The van der Waals surface area contributed by atoms with Crippen LogP contribution in [0.15, 0.2) is 168 Å². The minimum absolute atomic E-state index is 0.605. The summed E-state index contributed by atoms with van der Waals surface area (Å²) in [5.41, 5.74) is 9.17. The van der Waals surface area contributed by atoms with Gasteiger partial charge in [-0.15, -0.1) is 11.3 Å². The van der Waals surface area contributed by atoms with Crippen LogP contribution >= 0.6 is 11.3 Å². The van der Waals surface area contributed by atoms with E-state index in [4.69, 9.17) is 19.4 Å². The lowest BCUT2D eigenvalue weighted by Crippen LogP contribution is -2.00. The van der Waals surface area contributed by atoms with Crippen LogP contribution < -0.4 is 0 Å². The van der Waals surface area contributed by atoms with Crippen LogP contribution in [-0.4, -0.2) is 15.0 Å². The fourth-order valence-corrected chi connectivity index (χ4v) is 7.93. The summed E-state index contributed by atoms with van der Waals surface area (Å²) in [6.45, 7) is 0. The molecule has 50 heavy (non-hydrogen) atoms. The van der Waals surface area contributed by atoms with E-state index in [1.165, 1.54) is 36.9 Å². The zero-order valence-corrected chi connectivity index (χ0v) is 27.6. The molecule has 0 bridgehead atoms. The Morgan fingerprint density at radius 1 is 0.320 bits per heavy atom. The Morgan fingerprint density at radius 3 is 1.40 bits per heavy atom. The van der Waals surface area contributed by atoms with E-state index < -0.39 is 0 Å². The van der Waals surface area contributed by atoms with Crippen LogP contribution in [0.25, 0.3) is 98.5 Å². The first-order valence-corrected chi connectivity index (χ1v) is 17.4. The molecule has 3 heterocycles. The third-order valence-electron chi connectivity index (χ3n) is 9.34. The molecule has 0 aliphatic heterocycles. The van der Waals surface area contributed by atoms with Crippen LogP contribution in [0.1, 0.15) is 0 Å². The second-order valence-corrected chi connectivity index (χ2v) is 13.5. The molecule has 0 radical (unpaired) electrons. The normalized spacial score (nSPS) is 11.6. The predicted molar refractivity (Wildman–Crippen MR) is 207 cm³/mol. The quantitative estimate of drug-likeness (QED) is 0.185. The highest BCUT2D eigenvalue weighted by molar-refractivity contribution is 7.25. The molecule has 0 atom stereocenters. The largest absolute Gasteiger partial charge is 0.456 e. The minimum atomic E-state index is 0.605. The maximum Gasteiger partial charge on any atom is 0.164 e. The van der Waals surface area contributed by atoms with Crippen molar-refractivity contribution < 1.29 is 4.42 Å². The fraction of sp³-hybridized carbons (Fsp3) is 0. The van der Waals surface area contributed by atoms with Crippen molar-refractivity contribution in [3.8, 4) is 56.4 Å². The fourth-order valence-electron chi connectivity index (χ4n) is 6.80. The molecular formula is C45H27N3OS. The molecule has 0 amide bonds. The molecule has 10 rings (SSSR count). The highest BCUT2D eigenvalue weighted by atomic mass is 32.1. The van der Waals surface area contributed by atoms with Gasteiger partial charge in [-0.3, -0.25) is 0 Å². The van der Waals surface area contributed by atoms with Crippen molar-refractivity contribution in [3.05, 3.63) is 164 Å². The van der Waals surface area contributed by atoms with Crippen LogP contribution in [-0.2, 0) is 0 Å². The van der Waals surface area contributed by atoms with Gasteiger partial charge in [0.2, 0.25) is 0 Å². The van der Waals surface area contributed by atoms with Crippen LogP contribution in [0.3, 0.4) is 0 Å². The third-order valence-corrected chi connectivity index (χ3v) is 10.5. The van der Waals surface area contributed by atoms with Crippen molar-refractivity contribution in [3.63, 3.8) is 0 Å². The zero-order chi connectivity index (χ0) is 33.0. The molecular weight excluding hydrogens is 631 g/mol. The lowest BCUT2D eigenvalue weighted by Gasteiger charge is -2.08. The van der Waals surface area contributed by atoms with E-state index in [0.717, 1.165) is 44.2 Å². The Labute approximate surface area is 292 Å². The Kier molecular flexibility index (Phi) is 6.64. The van der Waals surface area contributed by atoms with Crippen molar-refractivity contribution in [2.45, 2.75) is 0 Å². The van der Waals surface area contributed by atoms with Crippen molar-refractivity contribution in [2.75, 3.05) is 0 Å². The Bertz CT molecular complexity index is 2800. The molecule has 0 aliphatic carbocycles. The smallest absolute Gasteiger partial charge is 0.164 e. The predicted octanol–water partition coefficient (Wildman–Crippen LogP) is 12.5. The average Bonchev–Trinajstić information content (AvgIpc) is 3.75. The molecule has 0 aliphatic rings. The van der Waals surface area contributed by atoms with Gasteiger partial charge in [0, 0.05) is 47.6 Å². The van der Waals surface area contributed by atoms with Crippen LogP contribution in [0.5, 0.6) is 0 Å². The van der Waals surface area contributed by atoms with Crippen LogP contribution in [0.2, 0.25) is 0 Å². The van der Waals surface area contributed by atoms with E-state index in [9.17, 15) is 0 Å². The molecule has 0 saturated carbocycles. The number of hydrogen-bond donors (Lipinski definition) is 0. The standard InChI is InChI=1S/C45H27N3OS/c1-4-10-28(11-5-1)31-19-23-41-38(24-31)37-22-17-33(27-42(37)50-41)32-16-20-35-36-21-18-34(26-40(36)49-39(35)25-32)45-47-43(29-12-6-2-7-13-29)46-44(48-45)30-14-8-3-9-15-30/h1-27H. The summed E-state index contributed by atoms with van der Waals surface area (Å²) in [6, 6.07) is 57.0. The first-order chi connectivity index (χ1) is 24.7. The first-order valence-electron chi connectivity index (χ1n) is 16.6. The molecule has 234 valence electrons. The summed E-state index contributed by atoms with van der Waals surface area (Å²) < 4.78 is 9.10. The number of hydrogen-bond acceptors (Lipinski definition) is 5. The summed E-state index contributed by atoms with van der Waals surface area (Å²) in [4.78, 5) is 14.7. The van der Waals surface area contributed by atoms with Gasteiger partial charge in [0.15, 0.2) is 17.5 Å². The maximum atomic E-state index is 6.53. The molecule has 0 saturated heterocycles. The summed E-state index contributed by atoms with van der Waals surface area (Å²) >= 11 is 1.84. The van der Waals surface area contributed by atoms with Gasteiger partial charge in [0.25, 0.3) is 0 Å². The van der Waals surface area contributed by atoms with E-state index in [1.807, 2.05) is 78.1 Å². The van der Waals surface area contributed by atoms with Crippen molar-refractivity contribution in [2.24, 2.45) is 0 Å². The van der Waals surface area contributed by atoms with Gasteiger partial charge in [-0.1, -0.05) is 121 Å². The van der Waals surface area contributed by atoms with E-state index in [2.05, 4.69) is 97.1 Å². The Morgan fingerprint density at radius 2 is 0.780 bits per heavy atom. The molecule has 10 aromatic rings. The van der Waals surface area contributed by atoms with Gasteiger partial charge in [-0.05, 0) is 64.7 Å². The van der Waals surface area contributed by atoms with Gasteiger partial charge in [-0.25, -0.2) is 15.0 Å². The van der Waals surface area contributed by atoms with Gasteiger partial charge in [0.1, 0.15) is 11.2 Å². The topological polar surface area (TPSA) is 51.8 Å². The number of furan rings is 1. The average molecular weight is 658 g/mol. The number of rotatable bonds is 5. The lowest BCUT2D eigenvalue weighted by molar-refractivity contribution is 0.669. The summed E-state index contributed by atoms with van der Waals surface area (Å²) in [5, 5.41) is 4.72. The molecule has 5 heteroatoms. The van der Waals surface area contributed by atoms with Gasteiger partial charge < -0.3 is 4.42 Å². The summed E-state index contributed by atoms with van der Waals surface area (Å²) in [5.74, 6) is 1.88. The number of benzene rings is 7. The van der Waals surface area contributed by atoms with Gasteiger partial charge in [0.05, 0.1) is 0 Å². The highest BCUT2D eigenvalue weighted by Gasteiger charge is 2.16. The summed E-state index contributed by atoms with van der Waals surface area (Å²) in [7, 11) is 0. The second-order valence-electron chi connectivity index (χ2n) is 12.5. The Balaban J connectivity index is 1.03. The molecule has 7 aromatic carbocycles. The minimum Gasteiger partial charge on any atom is -0.456 e. The van der Waals surface area contributed by atoms with Crippen molar-refractivity contribution in [1.29, 1.82) is 0 Å². The molecule has 0 N–H and O–H groups in total. The zero-order valence-electron chi connectivity index (χ0n) is 26.7. The van der Waals surface area contributed by atoms with Crippen molar-refractivity contribution in [1.82, 2.24) is 15.0 Å². The molecule has 4 nitrogen and oxygen atoms in total. The van der Waals surface area contributed by atoms with Crippen LogP contribution in [0.4, 0.5) is 0 Å². The number of nitrogens with zero attached hydrogens (tertiary/aromatic N) is 3. The van der Waals surface area contributed by atoms with E-state index >= 15 is 0 Å². The third kappa shape index (κ3) is 4.95. The van der Waals surface area contributed by atoms with E-state index in [1.54, 1.807) is 0 Å². The number of fused-ring (bicyclic) bond motifs is 6. The van der Waals surface area contributed by atoms with Gasteiger partial charge >= 0.3 is 0 Å². The maximum absolute atomic E-state index is 6.53. The molecule has 3 aromatic heterocycles. The molecule has 0 spiro atoms. The van der Waals surface area contributed by atoms with Crippen LogP contribution in [0, 0.1) is 0 Å². The highest BCUT2D eigenvalue weighted by Crippen LogP contribution is 2.40. The monoisotopic (exact) mass is 657 g/mol. The lowest BCUT2D eigenvalue weighted by atomic mass is 10.0. The van der Waals surface area contributed by atoms with E-state index in [0.29, 0.717) is 17.5 Å². The Hall–Kier alpha value is -6.43. The molecule has 0 unspecified atom stereocenters. The second kappa shape index (κ2) is 11.6. The number of aromatic nitrogens is 3. The van der Waals surface area contributed by atoms with E-state index in [-0.39, 0.29) is 0 Å². The first kappa shape index (κ1) is 28.6. The van der Waals surface area contributed by atoms with Crippen molar-refractivity contribution >= 4 is 53.4 Å². The molecule has 0 fully saturated rings. The van der Waals surface area contributed by atoms with Gasteiger partial charge in [-0.2, -0.15) is 0 Å². The number of thiophene rings is 1. The summed E-state index contributed by atoms with van der Waals surface area (Å²) in [6.07, 6.45) is 0.